The summed E-state index contributed by atoms with van der Waals surface area (Å²) in [5, 5.41) is 4.51. The monoisotopic (exact) mass is 428 g/mol. The first kappa shape index (κ1) is 17.4. The minimum absolute atomic E-state index is 0.101. The summed E-state index contributed by atoms with van der Waals surface area (Å²) in [7, 11) is -3.77. The molecule has 0 fully saturated rings. The highest BCUT2D eigenvalue weighted by Crippen LogP contribution is 2.37. The molecule has 0 aliphatic rings. The smallest absolute Gasteiger partial charge is 0.266 e. The predicted octanol–water partition coefficient (Wildman–Crippen LogP) is 5.10. The molecule has 0 aliphatic heterocycles. The molecule has 8 heteroatoms. The third-order valence-corrected chi connectivity index (χ3v) is 7.41. The molecule has 0 radical (unpaired) electrons. The first-order chi connectivity index (χ1) is 11.4. The van der Waals surface area contributed by atoms with Crippen LogP contribution >= 0.6 is 27.3 Å². The van der Waals surface area contributed by atoms with E-state index in [0.717, 1.165) is 34.2 Å². The van der Waals surface area contributed by atoms with Crippen LogP contribution in [-0.4, -0.2) is 13.6 Å². The number of nitrogens with zero attached hydrogens (tertiary/aromatic N) is 1. The maximum absolute atomic E-state index is 13.0. The topological polar surface area (TPSA) is 72.2 Å². The molecule has 0 bridgehead atoms. The van der Waals surface area contributed by atoms with Gasteiger partial charge in [-0.25, -0.2) is 13.1 Å². The van der Waals surface area contributed by atoms with Crippen LogP contribution in [0.3, 0.4) is 0 Å². The van der Waals surface area contributed by atoms with E-state index in [4.69, 9.17) is 4.52 Å². The summed E-state index contributed by atoms with van der Waals surface area (Å²) >= 11 is 4.83. The van der Waals surface area contributed by atoms with Crippen molar-refractivity contribution >= 4 is 53.3 Å². The van der Waals surface area contributed by atoms with Crippen LogP contribution in [0.2, 0.25) is 0 Å². The fraction of sp³-hybridized carbons (Fsp3) is 0.312. The molecule has 24 heavy (non-hydrogen) atoms. The first-order valence-corrected chi connectivity index (χ1v) is 10.7. The molecular weight excluding hydrogens is 412 g/mol. The van der Waals surface area contributed by atoms with Gasteiger partial charge in [0.1, 0.15) is 9.37 Å². The molecule has 0 aliphatic carbocycles. The second kappa shape index (κ2) is 6.85. The van der Waals surface area contributed by atoms with Gasteiger partial charge in [0.05, 0.1) is 5.69 Å². The Hall–Kier alpha value is -1.38. The van der Waals surface area contributed by atoms with Gasteiger partial charge in [0.15, 0.2) is 0 Å². The second-order valence-corrected chi connectivity index (χ2v) is 9.02. The summed E-state index contributed by atoms with van der Waals surface area (Å²) in [6.45, 7) is 3.83. The van der Waals surface area contributed by atoms with Crippen LogP contribution in [0.15, 0.2) is 38.2 Å². The van der Waals surface area contributed by atoms with Crippen LogP contribution in [0, 0.1) is 6.92 Å². The fourth-order valence-corrected chi connectivity index (χ4v) is 5.85. The molecule has 0 saturated carbocycles. The molecule has 0 saturated heterocycles. The van der Waals surface area contributed by atoms with Crippen molar-refractivity contribution in [1.29, 1.82) is 0 Å². The molecule has 0 amide bonds. The molecule has 0 unspecified atom stereocenters. The number of unbranched alkanes of at least 4 members (excludes halogenated alkanes) is 1. The quantitative estimate of drug-likeness (QED) is 0.592. The summed E-state index contributed by atoms with van der Waals surface area (Å²) in [6.07, 6.45) is 2.69. The van der Waals surface area contributed by atoms with Crippen molar-refractivity contribution in [2.24, 2.45) is 0 Å². The SMILES string of the molecule is CCCCc1sc2ccccc2c1S(=O)(=O)Nc1onc(C)c1Br. The molecule has 1 aromatic carbocycles. The molecule has 3 rings (SSSR count). The van der Waals surface area contributed by atoms with Gasteiger partial charge in [-0.2, -0.15) is 0 Å². The summed E-state index contributed by atoms with van der Waals surface area (Å²) in [5.41, 5.74) is 0.592. The Morgan fingerprint density at radius 1 is 1.33 bits per heavy atom. The summed E-state index contributed by atoms with van der Waals surface area (Å²) in [6, 6.07) is 7.56. The highest BCUT2D eigenvalue weighted by molar-refractivity contribution is 9.10. The number of hydrogen-bond donors (Lipinski definition) is 1. The Bertz CT molecular complexity index is 977. The highest BCUT2D eigenvalue weighted by Gasteiger charge is 2.26. The number of aryl methyl sites for hydroxylation is 2. The Kier molecular flexibility index (Phi) is 4.98. The van der Waals surface area contributed by atoms with Gasteiger partial charge < -0.3 is 4.52 Å². The van der Waals surface area contributed by atoms with E-state index in [1.165, 1.54) is 11.3 Å². The molecule has 5 nitrogen and oxygen atoms in total. The van der Waals surface area contributed by atoms with Crippen molar-refractivity contribution in [3.05, 3.63) is 39.3 Å². The lowest BCUT2D eigenvalue weighted by Crippen LogP contribution is -2.14. The van der Waals surface area contributed by atoms with Crippen molar-refractivity contribution < 1.29 is 12.9 Å². The van der Waals surface area contributed by atoms with Crippen molar-refractivity contribution in [1.82, 2.24) is 5.16 Å². The van der Waals surface area contributed by atoms with Crippen molar-refractivity contribution in [2.45, 2.75) is 38.0 Å². The van der Waals surface area contributed by atoms with Crippen molar-refractivity contribution in [3.63, 3.8) is 0 Å². The van der Waals surface area contributed by atoms with E-state index >= 15 is 0 Å². The van der Waals surface area contributed by atoms with E-state index in [2.05, 4.69) is 32.7 Å². The van der Waals surface area contributed by atoms with Gasteiger partial charge >= 0.3 is 0 Å². The molecule has 0 atom stereocenters. The van der Waals surface area contributed by atoms with Crippen LogP contribution < -0.4 is 4.72 Å². The number of benzene rings is 1. The van der Waals surface area contributed by atoms with Crippen LogP contribution in [0.25, 0.3) is 10.1 Å². The number of anilines is 1. The minimum atomic E-state index is -3.77. The molecule has 1 N–H and O–H groups in total. The lowest BCUT2D eigenvalue weighted by molar-refractivity contribution is 0.430. The number of sulfonamides is 1. The summed E-state index contributed by atoms with van der Waals surface area (Å²) in [5.74, 6) is 0.101. The normalized spacial score (nSPS) is 12.0. The van der Waals surface area contributed by atoms with Gasteiger partial charge in [-0.1, -0.05) is 36.7 Å². The number of nitrogens with one attached hydrogen (secondary N) is 1. The third-order valence-electron chi connectivity index (χ3n) is 3.66. The second-order valence-electron chi connectivity index (χ2n) is 5.47. The van der Waals surface area contributed by atoms with Crippen molar-refractivity contribution in [2.75, 3.05) is 4.72 Å². The first-order valence-electron chi connectivity index (χ1n) is 7.59. The maximum atomic E-state index is 13.0. The molecule has 2 aromatic heterocycles. The number of fused-ring (bicyclic) bond motifs is 1. The number of halogens is 1. The fourth-order valence-electron chi connectivity index (χ4n) is 2.46. The largest absolute Gasteiger partial charge is 0.336 e. The van der Waals surface area contributed by atoms with E-state index in [1.54, 1.807) is 6.92 Å². The molecule has 128 valence electrons. The molecule has 3 aromatic rings. The zero-order valence-corrected chi connectivity index (χ0v) is 16.5. The van der Waals surface area contributed by atoms with Gasteiger partial charge in [-0.3, -0.25) is 0 Å². The average Bonchev–Trinajstić information content (AvgIpc) is 3.08. The van der Waals surface area contributed by atoms with Gasteiger partial charge in [0.2, 0.25) is 0 Å². The zero-order chi connectivity index (χ0) is 17.3. The predicted molar refractivity (Wildman–Crippen MR) is 100 cm³/mol. The summed E-state index contributed by atoms with van der Waals surface area (Å²) in [4.78, 5) is 1.22. The Labute approximate surface area is 153 Å². The van der Waals surface area contributed by atoms with Crippen LogP contribution in [0.4, 0.5) is 5.88 Å². The van der Waals surface area contributed by atoms with Crippen LogP contribution in [-0.2, 0) is 16.4 Å². The number of aromatic nitrogens is 1. The molecule has 2 heterocycles. The van der Waals surface area contributed by atoms with Gasteiger partial charge in [0, 0.05) is 15.0 Å². The van der Waals surface area contributed by atoms with Crippen LogP contribution in [0.5, 0.6) is 0 Å². The zero-order valence-electron chi connectivity index (χ0n) is 13.3. The van der Waals surface area contributed by atoms with E-state index in [1.807, 2.05) is 24.3 Å². The lowest BCUT2D eigenvalue weighted by Gasteiger charge is -2.07. The van der Waals surface area contributed by atoms with Gasteiger partial charge in [-0.05, 0) is 41.8 Å². The standard InChI is InChI=1S/C16H17BrN2O3S2/c1-3-4-8-13-15(11-7-5-6-9-12(11)23-13)24(20,21)19-16-14(17)10(2)18-22-16/h5-7,9,19H,3-4,8H2,1-2H3. The Morgan fingerprint density at radius 3 is 2.75 bits per heavy atom. The summed E-state index contributed by atoms with van der Waals surface area (Å²) < 4.78 is 35.1. The minimum Gasteiger partial charge on any atom is -0.336 e. The van der Waals surface area contributed by atoms with E-state index in [-0.39, 0.29) is 5.88 Å². The number of rotatable bonds is 6. The lowest BCUT2D eigenvalue weighted by atomic mass is 10.2. The van der Waals surface area contributed by atoms with Crippen LogP contribution in [0.1, 0.15) is 30.3 Å². The van der Waals surface area contributed by atoms with E-state index in [9.17, 15) is 8.42 Å². The third kappa shape index (κ3) is 3.22. The Balaban J connectivity index is 2.10. The number of thiophene rings is 1. The van der Waals surface area contributed by atoms with E-state index in [0.29, 0.717) is 15.1 Å². The van der Waals surface area contributed by atoms with E-state index < -0.39 is 10.0 Å². The van der Waals surface area contributed by atoms with Gasteiger partial charge in [-0.15, -0.1) is 11.3 Å². The van der Waals surface area contributed by atoms with Gasteiger partial charge in [0.25, 0.3) is 15.9 Å². The highest BCUT2D eigenvalue weighted by atomic mass is 79.9. The number of hydrogen-bond acceptors (Lipinski definition) is 5. The Morgan fingerprint density at radius 2 is 2.08 bits per heavy atom. The molecular formula is C16H17BrN2O3S2. The molecule has 0 spiro atoms. The maximum Gasteiger partial charge on any atom is 0.266 e. The average molecular weight is 429 g/mol. The van der Waals surface area contributed by atoms with Crippen molar-refractivity contribution in [3.8, 4) is 0 Å².